The van der Waals surface area contributed by atoms with Gasteiger partial charge < -0.3 is 4.84 Å². The van der Waals surface area contributed by atoms with Crippen molar-refractivity contribution in [2.45, 2.75) is 6.10 Å². The van der Waals surface area contributed by atoms with Crippen LogP contribution >= 0.6 is 11.6 Å². The number of hydrogen-bond donors (Lipinski definition) is 0. The zero-order chi connectivity index (χ0) is 18.4. The lowest BCUT2D eigenvalue weighted by atomic mass is 9.94. The fraction of sp³-hybridized carbons (Fsp3) is 0.118. The molecule has 0 aliphatic carbocycles. The third kappa shape index (κ3) is 2.42. The topological polar surface area (TPSA) is 102 Å². The zero-order valence-corrected chi connectivity index (χ0v) is 13.8. The molecule has 2 aliphatic rings. The molecule has 0 aromatic heterocycles. The summed E-state index contributed by atoms with van der Waals surface area (Å²) in [6.07, 6.45) is -1.04. The summed E-state index contributed by atoms with van der Waals surface area (Å²) in [4.78, 5) is 41.9. The molecule has 2 heterocycles. The number of oxime groups is 1. The van der Waals surface area contributed by atoms with Gasteiger partial charge in [-0.05, 0) is 36.4 Å². The number of non-ortho nitro benzene ring substituents is 1. The van der Waals surface area contributed by atoms with Crippen LogP contribution in [0.15, 0.2) is 53.7 Å². The van der Waals surface area contributed by atoms with Crippen molar-refractivity contribution in [2.24, 2.45) is 11.1 Å². The Hall–Kier alpha value is -3.26. The maximum absolute atomic E-state index is 12.8. The summed E-state index contributed by atoms with van der Waals surface area (Å²) in [5.74, 6) is -1.86. The SMILES string of the molecule is O=C1[C@@H]2C(c3ccc([N+](=O)[O-])cc3)=NO[C@@H]2C(=O)N1c1ccc(Cl)cc1. The van der Waals surface area contributed by atoms with Crippen LogP contribution in [0.4, 0.5) is 11.4 Å². The van der Waals surface area contributed by atoms with E-state index in [9.17, 15) is 19.7 Å². The standard InChI is InChI=1S/C17H10ClN3O5/c18-10-3-7-11(8-4-10)20-16(22)13-14(19-26-15(13)17(20)23)9-1-5-12(6-2-9)21(24)25/h1-8,13,15H/t13-,15+/m1/s1. The Bertz CT molecular complexity index is 955. The number of carbonyl (C=O) groups is 2. The molecule has 2 aromatic carbocycles. The molecule has 0 unspecified atom stereocenters. The predicted octanol–water partition coefficient (Wildman–Crippen LogP) is 2.54. The second-order valence-electron chi connectivity index (χ2n) is 5.77. The molecule has 2 amide bonds. The zero-order valence-electron chi connectivity index (χ0n) is 13.0. The monoisotopic (exact) mass is 371 g/mol. The molecule has 130 valence electrons. The van der Waals surface area contributed by atoms with Crippen molar-refractivity contribution in [2.75, 3.05) is 4.90 Å². The van der Waals surface area contributed by atoms with Gasteiger partial charge in [0, 0.05) is 22.7 Å². The van der Waals surface area contributed by atoms with E-state index < -0.39 is 28.8 Å². The molecule has 0 N–H and O–H groups in total. The lowest BCUT2D eigenvalue weighted by Crippen LogP contribution is -2.33. The lowest BCUT2D eigenvalue weighted by Gasteiger charge is -2.15. The second kappa shape index (κ2) is 5.92. The highest BCUT2D eigenvalue weighted by atomic mass is 35.5. The second-order valence-corrected chi connectivity index (χ2v) is 6.21. The number of anilines is 1. The molecule has 1 saturated heterocycles. The Morgan fingerprint density at radius 2 is 1.69 bits per heavy atom. The average Bonchev–Trinajstić information content (AvgIpc) is 3.17. The van der Waals surface area contributed by atoms with Crippen LogP contribution in [0.5, 0.6) is 0 Å². The van der Waals surface area contributed by atoms with Crippen molar-refractivity contribution in [3.8, 4) is 0 Å². The fourth-order valence-electron chi connectivity index (χ4n) is 3.01. The van der Waals surface area contributed by atoms with Gasteiger partial charge in [0.25, 0.3) is 11.6 Å². The lowest BCUT2D eigenvalue weighted by molar-refractivity contribution is -0.384. The molecule has 0 spiro atoms. The highest BCUT2D eigenvalue weighted by Crippen LogP contribution is 2.35. The minimum Gasteiger partial charge on any atom is -0.381 e. The minimum atomic E-state index is -1.04. The first-order valence-electron chi connectivity index (χ1n) is 7.59. The molecule has 1 fully saturated rings. The summed E-state index contributed by atoms with van der Waals surface area (Å²) in [5.41, 5.74) is 1.08. The normalized spacial score (nSPS) is 21.4. The van der Waals surface area contributed by atoms with Gasteiger partial charge in [-0.2, -0.15) is 0 Å². The largest absolute Gasteiger partial charge is 0.381 e. The molecular weight excluding hydrogens is 362 g/mol. The molecule has 0 radical (unpaired) electrons. The van der Waals surface area contributed by atoms with E-state index in [4.69, 9.17) is 16.4 Å². The third-order valence-corrected chi connectivity index (χ3v) is 4.52. The van der Waals surface area contributed by atoms with Crippen LogP contribution in [-0.2, 0) is 14.4 Å². The van der Waals surface area contributed by atoms with Gasteiger partial charge in [0.05, 0.1) is 10.6 Å². The van der Waals surface area contributed by atoms with Gasteiger partial charge in [-0.15, -0.1) is 0 Å². The van der Waals surface area contributed by atoms with Crippen molar-refractivity contribution >= 4 is 40.5 Å². The molecule has 2 aromatic rings. The third-order valence-electron chi connectivity index (χ3n) is 4.27. The number of imide groups is 1. The maximum atomic E-state index is 12.8. The van der Waals surface area contributed by atoms with Crippen molar-refractivity contribution in [3.63, 3.8) is 0 Å². The molecule has 2 aliphatic heterocycles. The fourth-order valence-corrected chi connectivity index (χ4v) is 3.14. The number of nitrogens with zero attached hydrogens (tertiary/aromatic N) is 3. The van der Waals surface area contributed by atoms with Crippen molar-refractivity contribution in [1.29, 1.82) is 0 Å². The predicted molar refractivity (Wildman–Crippen MR) is 91.9 cm³/mol. The van der Waals surface area contributed by atoms with Gasteiger partial charge in [-0.25, -0.2) is 4.90 Å². The Balaban J connectivity index is 1.66. The highest BCUT2D eigenvalue weighted by molar-refractivity contribution is 6.33. The summed E-state index contributed by atoms with van der Waals surface area (Å²) >= 11 is 5.85. The number of benzene rings is 2. The summed E-state index contributed by atoms with van der Waals surface area (Å²) in [6, 6.07) is 11.9. The van der Waals surface area contributed by atoms with E-state index in [1.165, 1.54) is 24.3 Å². The van der Waals surface area contributed by atoms with E-state index in [1.54, 1.807) is 24.3 Å². The van der Waals surface area contributed by atoms with Gasteiger partial charge in [0.2, 0.25) is 12.0 Å². The summed E-state index contributed by atoms with van der Waals surface area (Å²) < 4.78 is 0. The van der Waals surface area contributed by atoms with Gasteiger partial charge in [0.1, 0.15) is 11.6 Å². The summed E-state index contributed by atoms with van der Waals surface area (Å²) in [6.45, 7) is 0. The van der Waals surface area contributed by atoms with Crippen LogP contribution < -0.4 is 4.90 Å². The summed E-state index contributed by atoms with van der Waals surface area (Å²) in [5, 5.41) is 15.1. The number of fused-ring (bicyclic) bond motifs is 1. The Morgan fingerprint density at radius 3 is 2.31 bits per heavy atom. The number of nitro groups is 1. The Labute approximate surface area is 151 Å². The van der Waals surface area contributed by atoms with E-state index in [-0.39, 0.29) is 11.4 Å². The number of carbonyl (C=O) groups excluding carboxylic acids is 2. The smallest absolute Gasteiger partial charge is 0.278 e. The van der Waals surface area contributed by atoms with Crippen molar-refractivity contribution in [3.05, 3.63) is 69.2 Å². The number of halogens is 1. The molecule has 9 heteroatoms. The molecule has 4 rings (SSSR count). The van der Waals surface area contributed by atoms with E-state index in [0.717, 1.165) is 4.90 Å². The molecule has 0 saturated carbocycles. The highest BCUT2D eigenvalue weighted by Gasteiger charge is 2.56. The molecule has 8 nitrogen and oxygen atoms in total. The van der Waals surface area contributed by atoms with Crippen LogP contribution in [-0.4, -0.2) is 28.6 Å². The van der Waals surface area contributed by atoms with E-state index in [2.05, 4.69) is 5.16 Å². The van der Waals surface area contributed by atoms with E-state index in [1.807, 2.05) is 0 Å². The first-order valence-corrected chi connectivity index (χ1v) is 7.97. The van der Waals surface area contributed by atoms with E-state index >= 15 is 0 Å². The molecule has 2 atom stereocenters. The molecular formula is C17H10ClN3O5. The maximum Gasteiger partial charge on any atom is 0.278 e. The quantitative estimate of drug-likeness (QED) is 0.468. The molecule has 26 heavy (non-hydrogen) atoms. The number of rotatable bonds is 3. The van der Waals surface area contributed by atoms with Gasteiger partial charge >= 0.3 is 0 Å². The van der Waals surface area contributed by atoms with Gasteiger partial charge in [-0.3, -0.25) is 19.7 Å². The van der Waals surface area contributed by atoms with Crippen LogP contribution in [0, 0.1) is 16.0 Å². The Kier molecular flexibility index (Phi) is 3.69. The van der Waals surface area contributed by atoms with E-state index in [0.29, 0.717) is 16.3 Å². The van der Waals surface area contributed by atoms with Crippen molar-refractivity contribution in [1.82, 2.24) is 0 Å². The van der Waals surface area contributed by atoms with Crippen molar-refractivity contribution < 1.29 is 19.3 Å². The Morgan fingerprint density at radius 1 is 1.04 bits per heavy atom. The van der Waals surface area contributed by atoms with Gasteiger partial charge in [-0.1, -0.05) is 16.8 Å². The first-order chi connectivity index (χ1) is 12.5. The average molecular weight is 372 g/mol. The first kappa shape index (κ1) is 16.2. The summed E-state index contributed by atoms with van der Waals surface area (Å²) in [7, 11) is 0. The van der Waals surface area contributed by atoms with Crippen LogP contribution in [0.1, 0.15) is 5.56 Å². The number of nitro benzene ring substituents is 1. The van der Waals surface area contributed by atoms with Crippen LogP contribution in [0.2, 0.25) is 5.02 Å². The minimum absolute atomic E-state index is 0.0820. The van der Waals surface area contributed by atoms with Crippen LogP contribution in [0.25, 0.3) is 0 Å². The number of amides is 2. The molecule has 0 bridgehead atoms. The van der Waals surface area contributed by atoms with Gasteiger partial charge in [0.15, 0.2) is 0 Å². The number of hydrogen-bond acceptors (Lipinski definition) is 6. The van der Waals surface area contributed by atoms with Crippen LogP contribution in [0.3, 0.4) is 0 Å².